The van der Waals surface area contributed by atoms with E-state index in [1.165, 1.54) is 11.1 Å². The summed E-state index contributed by atoms with van der Waals surface area (Å²) in [7, 11) is 0. The second-order valence-electron chi connectivity index (χ2n) is 6.02. The summed E-state index contributed by atoms with van der Waals surface area (Å²) in [5.74, 6) is 0.234. The number of amides is 2. The number of anilines is 1. The summed E-state index contributed by atoms with van der Waals surface area (Å²) in [4.78, 5) is 12.1. The lowest BCUT2D eigenvalue weighted by atomic mass is 9.88. The van der Waals surface area contributed by atoms with Crippen LogP contribution in [0, 0.1) is 0 Å². The lowest BCUT2D eigenvalue weighted by Crippen LogP contribution is -2.30. The molecule has 0 aromatic heterocycles. The molecule has 26 heavy (non-hydrogen) atoms. The molecule has 0 radical (unpaired) electrons. The first-order valence-corrected chi connectivity index (χ1v) is 9.01. The van der Waals surface area contributed by atoms with Crippen molar-refractivity contribution in [3.8, 4) is 0 Å². The highest BCUT2D eigenvalue weighted by atomic mass is 35.5. The van der Waals surface area contributed by atoms with Crippen LogP contribution in [0.15, 0.2) is 84.9 Å². The van der Waals surface area contributed by atoms with Gasteiger partial charge in [-0.1, -0.05) is 84.4 Å². The zero-order valence-electron chi connectivity index (χ0n) is 14.4. The molecular weight excluding hydrogens is 344 g/mol. The first-order valence-electron chi connectivity index (χ1n) is 8.63. The zero-order chi connectivity index (χ0) is 18.2. The van der Waals surface area contributed by atoms with E-state index in [2.05, 4.69) is 34.9 Å². The molecule has 0 atom stereocenters. The van der Waals surface area contributed by atoms with Crippen molar-refractivity contribution in [2.75, 3.05) is 11.9 Å². The minimum atomic E-state index is -0.252. The smallest absolute Gasteiger partial charge is 0.319 e. The minimum Gasteiger partial charge on any atom is -0.338 e. The largest absolute Gasteiger partial charge is 0.338 e. The molecule has 0 saturated carbocycles. The molecule has 0 aliphatic carbocycles. The molecule has 0 aliphatic heterocycles. The second kappa shape index (κ2) is 9.07. The Hall–Kier alpha value is -2.78. The fourth-order valence-electron chi connectivity index (χ4n) is 2.96. The predicted molar refractivity (Wildman–Crippen MR) is 108 cm³/mol. The first-order chi connectivity index (χ1) is 12.7. The van der Waals surface area contributed by atoms with Gasteiger partial charge < -0.3 is 10.6 Å². The van der Waals surface area contributed by atoms with E-state index >= 15 is 0 Å². The van der Waals surface area contributed by atoms with Gasteiger partial charge in [-0.2, -0.15) is 0 Å². The van der Waals surface area contributed by atoms with Crippen LogP contribution in [0.4, 0.5) is 10.5 Å². The fraction of sp³-hybridized carbons (Fsp3) is 0.136. The van der Waals surface area contributed by atoms with Gasteiger partial charge in [0.05, 0.1) is 10.7 Å². The van der Waals surface area contributed by atoms with Gasteiger partial charge in [0.2, 0.25) is 0 Å². The molecule has 132 valence electrons. The van der Waals surface area contributed by atoms with E-state index in [1.54, 1.807) is 12.1 Å². The molecule has 0 spiro atoms. The van der Waals surface area contributed by atoms with E-state index in [9.17, 15) is 4.79 Å². The lowest BCUT2D eigenvalue weighted by Gasteiger charge is -2.18. The molecule has 0 heterocycles. The molecule has 3 aromatic carbocycles. The predicted octanol–water partition coefficient (Wildman–Crippen LogP) is 5.68. The molecule has 4 heteroatoms. The summed E-state index contributed by atoms with van der Waals surface area (Å²) in [6.45, 7) is 0.560. The average molecular weight is 365 g/mol. The fourth-order valence-corrected chi connectivity index (χ4v) is 3.14. The molecule has 0 bridgehead atoms. The summed E-state index contributed by atoms with van der Waals surface area (Å²) in [5, 5.41) is 6.22. The number of rotatable bonds is 6. The Bertz CT molecular complexity index is 798. The van der Waals surface area contributed by atoms with Crippen LogP contribution in [0.2, 0.25) is 5.02 Å². The Balaban J connectivity index is 1.62. The van der Waals surface area contributed by atoms with Crippen molar-refractivity contribution in [2.45, 2.75) is 12.3 Å². The Kier molecular flexibility index (Phi) is 6.29. The van der Waals surface area contributed by atoms with Crippen LogP contribution in [0.5, 0.6) is 0 Å². The maximum Gasteiger partial charge on any atom is 0.319 e. The highest BCUT2D eigenvalue weighted by Gasteiger charge is 2.14. The van der Waals surface area contributed by atoms with Crippen LogP contribution in [-0.2, 0) is 0 Å². The third kappa shape index (κ3) is 4.87. The molecule has 3 aromatic rings. The maximum atomic E-state index is 12.1. The number of carbonyl (C=O) groups excluding carboxylic acids is 1. The van der Waals surface area contributed by atoms with Gasteiger partial charge in [0.1, 0.15) is 0 Å². The molecule has 0 fully saturated rings. The summed E-state index contributed by atoms with van der Waals surface area (Å²) < 4.78 is 0. The Morgan fingerprint density at radius 3 is 1.92 bits per heavy atom. The third-order valence-corrected chi connectivity index (χ3v) is 4.57. The molecule has 2 N–H and O–H groups in total. The summed E-state index contributed by atoms with van der Waals surface area (Å²) in [6.07, 6.45) is 0.809. The van der Waals surface area contributed by atoms with E-state index in [4.69, 9.17) is 11.6 Å². The molecular formula is C22H21ClN2O. The van der Waals surface area contributed by atoms with Gasteiger partial charge >= 0.3 is 6.03 Å². The number of nitrogens with one attached hydrogen (secondary N) is 2. The number of hydrogen-bond donors (Lipinski definition) is 2. The number of halogens is 1. The molecule has 3 nitrogen and oxygen atoms in total. The van der Waals surface area contributed by atoms with E-state index in [0.29, 0.717) is 17.3 Å². The molecule has 0 aliphatic rings. The molecule has 0 saturated heterocycles. The van der Waals surface area contributed by atoms with Crippen molar-refractivity contribution in [3.05, 3.63) is 101 Å². The monoisotopic (exact) mass is 364 g/mol. The number of hydrogen-bond acceptors (Lipinski definition) is 1. The van der Waals surface area contributed by atoms with Gasteiger partial charge in [0.25, 0.3) is 0 Å². The van der Waals surface area contributed by atoms with Crippen molar-refractivity contribution in [2.24, 2.45) is 0 Å². The van der Waals surface area contributed by atoms with Crippen molar-refractivity contribution in [3.63, 3.8) is 0 Å². The highest BCUT2D eigenvalue weighted by molar-refractivity contribution is 6.33. The normalized spacial score (nSPS) is 10.5. The zero-order valence-corrected chi connectivity index (χ0v) is 15.1. The third-order valence-electron chi connectivity index (χ3n) is 4.24. The highest BCUT2D eigenvalue weighted by Crippen LogP contribution is 2.27. The summed E-state index contributed by atoms with van der Waals surface area (Å²) >= 11 is 6.07. The molecule has 2 amide bonds. The van der Waals surface area contributed by atoms with Crippen LogP contribution in [0.25, 0.3) is 0 Å². The summed E-state index contributed by atoms with van der Waals surface area (Å²) in [6, 6.07) is 27.7. The Morgan fingerprint density at radius 2 is 1.35 bits per heavy atom. The first kappa shape index (κ1) is 18.0. The quantitative estimate of drug-likeness (QED) is 0.580. The van der Waals surface area contributed by atoms with Crippen LogP contribution in [0.3, 0.4) is 0 Å². The van der Waals surface area contributed by atoms with E-state index in [-0.39, 0.29) is 11.9 Å². The van der Waals surface area contributed by atoms with Crippen molar-refractivity contribution in [1.82, 2.24) is 5.32 Å². The SMILES string of the molecule is O=C(NCCC(c1ccccc1)c1ccccc1)Nc1ccccc1Cl. The van der Waals surface area contributed by atoms with E-state index < -0.39 is 0 Å². The van der Waals surface area contributed by atoms with Gasteiger partial charge in [-0.05, 0) is 29.7 Å². The van der Waals surface area contributed by atoms with Crippen molar-refractivity contribution in [1.29, 1.82) is 0 Å². The van der Waals surface area contributed by atoms with E-state index in [0.717, 1.165) is 6.42 Å². The average Bonchev–Trinajstić information content (AvgIpc) is 2.68. The molecule has 0 unspecified atom stereocenters. The van der Waals surface area contributed by atoms with Crippen LogP contribution in [-0.4, -0.2) is 12.6 Å². The molecule has 3 rings (SSSR count). The second-order valence-corrected chi connectivity index (χ2v) is 6.43. The number of para-hydroxylation sites is 1. The summed E-state index contributed by atoms with van der Waals surface area (Å²) in [5.41, 5.74) is 3.09. The topological polar surface area (TPSA) is 41.1 Å². The Morgan fingerprint density at radius 1 is 0.808 bits per heavy atom. The van der Waals surface area contributed by atoms with Gasteiger partial charge in [0, 0.05) is 12.5 Å². The number of urea groups is 1. The number of benzene rings is 3. The van der Waals surface area contributed by atoms with Crippen molar-refractivity contribution >= 4 is 23.3 Å². The standard InChI is InChI=1S/C22H21ClN2O/c23-20-13-7-8-14-21(20)25-22(26)24-16-15-19(17-9-3-1-4-10-17)18-11-5-2-6-12-18/h1-14,19H,15-16H2,(H2,24,25,26). The lowest BCUT2D eigenvalue weighted by molar-refractivity contribution is 0.252. The maximum absolute atomic E-state index is 12.1. The number of carbonyl (C=O) groups is 1. The van der Waals surface area contributed by atoms with Gasteiger partial charge in [-0.15, -0.1) is 0 Å². The van der Waals surface area contributed by atoms with Crippen LogP contribution < -0.4 is 10.6 Å². The van der Waals surface area contributed by atoms with E-state index in [1.807, 2.05) is 48.5 Å². The van der Waals surface area contributed by atoms with Gasteiger partial charge in [-0.25, -0.2) is 4.79 Å². The minimum absolute atomic E-state index is 0.234. The Labute approximate surface area is 159 Å². The van der Waals surface area contributed by atoms with Crippen molar-refractivity contribution < 1.29 is 4.79 Å². The van der Waals surface area contributed by atoms with Crippen LogP contribution in [0.1, 0.15) is 23.5 Å². The van der Waals surface area contributed by atoms with Gasteiger partial charge in [-0.3, -0.25) is 0 Å². The van der Waals surface area contributed by atoms with Crippen LogP contribution >= 0.6 is 11.6 Å². The van der Waals surface area contributed by atoms with Gasteiger partial charge in [0.15, 0.2) is 0 Å².